The van der Waals surface area contributed by atoms with Crippen molar-refractivity contribution in [1.82, 2.24) is 5.32 Å². The Hall–Kier alpha value is -2.45. The lowest BCUT2D eigenvalue weighted by Crippen LogP contribution is -2.42. The van der Waals surface area contributed by atoms with Gasteiger partial charge in [0, 0.05) is 4.88 Å². The standard InChI is InChI=1S/C21H23NO3S/c1-24-17-9-2-3-10-18(17)25-15-7-6-14-22-20(23)21(12-4-5-13-21)19-11-8-16-26-19/h2-3,8-11,16H,4-5,12-15H2,1H3,(H,22,23). The van der Waals surface area contributed by atoms with Crippen LogP contribution in [0.25, 0.3) is 0 Å². The van der Waals surface area contributed by atoms with Crippen LogP contribution in [-0.2, 0) is 10.2 Å². The summed E-state index contributed by atoms with van der Waals surface area (Å²) in [4.78, 5) is 14.0. The van der Waals surface area contributed by atoms with Gasteiger partial charge in [-0.15, -0.1) is 11.3 Å². The number of benzene rings is 1. The van der Waals surface area contributed by atoms with E-state index in [2.05, 4.69) is 23.2 Å². The summed E-state index contributed by atoms with van der Waals surface area (Å²) in [7, 11) is 1.61. The number of rotatable bonds is 6. The molecule has 0 radical (unpaired) electrons. The van der Waals surface area contributed by atoms with E-state index >= 15 is 0 Å². The summed E-state index contributed by atoms with van der Waals surface area (Å²) in [6, 6.07) is 11.5. The minimum absolute atomic E-state index is 0.0948. The molecule has 0 atom stereocenters. The molecule has 0 bridgehead atoms. The number of thiophene rings is 1. The van der Waals surface area contributed by atoms with Crippen LogP contribution in [0.15, 0.2) is 41.8 Å². The molecule has 0 saturated heterocycles. The number of hydrogen-bond donors (Lipinski definition) is 1. The van der Waals surface area contributed by atoms with E-state index in [1.54, 1.807) is 18.4 Å². The normalized spacial score (nSPS) is 15.0. The van der Waals surface area contributed by atoms with E-state index in [4.69, 9.17) is 9.47 Å². The van der Waals surface area contributed by atoms with Crippen molar-refractivity contribution in [3.05, 3.63) is 46.7 Å². The van der Waals surface area contributed by atoms with E-state index in [0.717, 1.165) is 25.7 Å². The Kier molecular flexibility index (Phi) is 6.19. The third-order valence-electron chi connectivity index (χ3n) is 4.72. The Morgan fingerprint density at radius 1 is 1.15 bits per heavy atom. The molecule has 136 valence electrons. The van der Waals surface area contributed by atoms with Gasteiger partial charge in [-0.05, 0) is 36.4 Å². The maximum absolute atomic E-state index is 12.8. The van der Waals surface area contributed by atoms with Gasteiger partial charge in [-0.1, -0.05) is 42.9 Å². The summed E-state index contributed by atoms with van der Waals surface area (Å²) in [5, 5.41) is 5.03. The Labute approximate surface area is 158 Å². The van der Waals surface area contributed by atoms with E-state index in [1.165, 1.54) is 4.88 Å². The smallest absolute Gasteiger partial charge is 0.232 e. The lowest BCUT2D eigenvalue weighted by molar-refractivity contribution is -0.126. The second-order valence-corrected chi connectivity index (χ2v) is 7.19. The molecule has 1 aromatic heterocycles. The van der Waals surface area contributed by atoms with Gasteiger partial charge < -0.3 is 14.8 Å². The average molecular weight is 369 g/mol. The van der Waals surface area contributed by atoms with Gasteiger partial charge in [-0.2, -0.15) is 0 Å². The van der Waals surface area contributed by atoms with E-state index in [1.807, 2.05) is 35.7 Å². The van der Waals surface area contributed by atoms with Crippen molar-refractivity contribution in [3.63, 3.8) is 0 Å². The molecule has 1 amide bonds. The second kappa shape index (κ2) is 8.77. The fourth-order valence-corrected chi connectivity index (χ4v) is 4.36. The van der Waals surface area contributed by atoms with Crippen LogP contribution in [0.2, 0.25) is 0 Å². The SMILES string of the molecule is COc1ccccc1OCC#CCNC(=O)C1(c2cccs2)CCCC1. The monoisotopic (exact) mass is 369 g/mol. The minimum atomic E-state index is -0.357. The van der Waals surface area contributed by atoms with Crippen molar-refractivity contribution in [2.24, 2.45) is 0 Å². The zero-order chi connectivity index (χ0) is 18.2. The topological polar surface area (TPSA) is 47.6 Å². The van der Waals surface area contributed by atoms with Crippen molar-refractivity contribution in [3.8, 4) is 23.3 Å². The predicted molar refractivity (Wildman–Crippen MR) is 104 cm³/mol. The Morgan fingerprint density at radius 2 is 1.92 bits per heavy atom. The Balaban J connectivity index is 1.50. The zero-order valence-corrected chi connectivity index (χ0v) is 15.7. The van der Waals surface area contributed by atoms with Gasteiger partial charge >= 0.3 is 0 Å². The van der Waals surface area contributed by atoms with E-state index < -0.39 is 0 Å². The maximum atomic E-state index is 12.8. The number of carbonyl (C=O) groups is 1. The highest BCUT2D eigenvalue weighted by Crippen LogP contribution is 2.43. The van der Waals surface area contributed by atoms with Crippen LogP contribution in [0.5, 0.6) is 11.5 Å². The van der Waals surface area contributed by atoms with Gasteiger partial charge in [0.2, 0.25) is 5.91 Å². The quantitative estimate of drug-likeness (QED) is 0.789. The minimum Gasteiger partial charge on any atom is -0.493 e. The first-order chi connectivity index (χ1) is 12.8. The molecule has 0 unspecified atom stereocenters. The molecule has 26 heavy (non-hydrogen) atoms. The fourth-order valence-electron chi connectivity index (χ4n) is 3.37. The summed E-state index contributed by atoms with van der Waals surface area (Å²) in [5.74, 6) is 7.34. The summed E-state index contributed by atoms with van der Waals surface area (Å²) >= 11 is 1.67. The van der Waals surface area contributed by atoms with Crippen molar-refractivity contribution < 1.29 is 14.3 Å². The number of para-hydroxylation sites is 2. The van der Waals surface area contributed by atoms with Crippen LogP contribution >= 0.6 is 11.3 Å². The molecule has 1 aromatic carbocycles. The van der Waals surface area contributed by atoms with E-state index in [0.29, 0.717) is 18.0 Å². The lowest BCUT2D eigenvalue weighted by Gasteiger charge is -2.26. The van der Waals surface area contributed by atoms with Crippen LogP contribution in [0, 0.1) is 11.8 Å². The first kappa shape index (κ1) is 18.3. The van der Waals surface area contributed by atoms with Crippen molar-refractivity contribution in [2.45, 2.75) is 31.1 Å². The molecular formula is C21H23NO3S. The molecule has 3 rings (SSSR count). The predicted octanol–water partition coefficient (Wildman–Crippen LogP) is 3.77. The molecule has 1 saturated carbocycles. The molecule has 1 aliphatic rings. The molecule has 1 aliphatic carbocycles. The molecule has 0 aliphatic heterocycles. The lowest BCUT2D eigenvalue weighted by atomic mass is 9.83. The van der Waals surface area contributed by atoms with Crippen molar-refractivity contribution >= 4 is 17.2 Å². The Bertz CT molecular complexity index is 783. The van der Waals surface area contributed by atoms with Gasteiger partial charge in [0.05, 0.1) is 19.1 Å². The van der Waals surface area contributed by atoms with Crippen molar-refractivity contribution in [1.29, 1.82) is 0 Å². The van der Waals surface area contributed by atoms with Gasteiger partial charge in [0.1, 0.15) is 6.61 Å². The van der Waals surface area contributed by atoms with Crippen LogP contribution in [0.4, 0.5) is 0 Å². The number of nitrogens with one attached hydrogen (secondary N) is 1. The summed E-state index contributed by atoms with van der Waals surface area (Å²) in [5.41, 5.74) is -0.357. The van der Waals surface area contributed by atoms with E-state index in [-0.39, 0.29) is 17.9 Å². The number of carbonyl (C=O) groups excluding carboxylic acids is 1. The number of hydrogen-bond acceptors (Lipinski definition) is 4. The van der Waals surface area contributed by atoms with Crippen LogP contribution in [0.3, 0.4) is 0 Å². The molecule has 4 nitrogen and oxygen atoms in total. The van der Waals surface area contributed by atoms with Gasteiger partial charge in [-0.25, -0.2) is 0 Å². The highest BCUT2D eigenvalue weighted by atomic mass is 32.1. The zero-order valence-electron chi connectivity index (χ0n) is 14.9. The first-order valence-electron chi connectivity index (χ1n) is 8.80. The van der Waals surface area contributed by atoms with Crippen LogP contribution < -0.4 is 14.8 Å². The average Bonchev–Trinajstić information content (AvgIpc) is 3.37. The van der Waals surface area contributed by atoms with Gasteiger partial charge in [-0.3, -0.25) is 4.79 Å². The maximum Gasteiger partial charge on any atom is 0.232 e. The molecule has 2 aromatic rings. The Morgan fingerprint density at radius 3 is 2.62 bits per heavy atom. The molecule has 1 heterocycles. The third kappa shape index (κ3) is 4.03. The molecule has 1 N–H and O–H groups in total. The largest absolute Gasteiger partial charge is 0.493 e. The first-order valence-corrected chi connectivity index (χ1v) is 9.68. The van der Waals surface area contributed by atoms with Crippen LogP contribution in [0.1, 0.15) is 30.6 Å². The molecule has 1 fully saturated rings. The highest BCUT2D eigenvalue weighted by Gasteiger charge is 2.43. The molecule has 0 spiro atoms. The van der Waals surface area contributed by atoms with E-state index in [9.17, 15) is 4.79 Å². The second-order valence-electron chi connectivity index (χ2n) is 6.24. The van der Waals surface area contributed by atoms with Crippen LogP contribution in [-0.4, -0.2) is 26.2 Å². The van der Waals surface area contributed by atoms with Crippen molar-refractivity contribution in [2.75, 3.05) is 20.3 Å². The number of methoxy groups -OCH3 is 1. The summed E-state index contributed by atoms with van der Waals surface area (Å²) in [6.45, 7) is 0.591. The van der Waals surface area contributed by atoms with Gasteiger partial charge in [0.15, 0.2) is 11.5 Å². The third-order valence-corrected chi connectivity index (χ3v) is 5.79. The summed E-state index contributed by atoms with van der Waals surface area (Å²) < 4.78 is 10.8. The highest BCUT2D eigenvalue weighted by molar-refractivity contribution is 7.10. The van der Waals surface area contributed by atoms with Gasteiger partial charge in [0.25, 0.3) is 0 Å². The molecular weight excluding hydrogens is 346 g/mol. The molecule has 5 heteroatoms. The summed E-state index contributed by atoms with van der Waals surface area (Å²) in [6.07, 6.45) is 4.04. The fraction of sp³-hybridized carbons (Fsp3) is 0.381. The number of amides is 1. The number of ether oxygens (including phenoxy) is 2.